The third-order valence-corrected chi connectivity index (χ3v) is 4.76. The van der Waals surface area contributed by atoms with E-state index in [9.17, 15) is 4.79 Å². The van der Waals surface area contributed by atoms with E-state index in [1.807, 2.05) is 24.3 Å². The van der Waals surface area contributed by atoms with Crippen LogP contribution in [0.25, 0.3) is 0 Å². The Kier molecular flexibility index (Phi) is 3.86. The van der Waals surface area contributed by atoms with Crippen LogP contribution in [0, 0.1) is 5.41 Å². The van der Waals surface area contributed by atoms with Crippen LogP contribution in [0.4, 0.5) is 5.95 Å². The molecule has 7 nitrogen and oxygen atoms in total. The van der Waals surface area contributed by atoms with Gasteiger partial charge in [-0.05, 0) is 40.0 Å². The van der Waals surface area contributed by atoms with Crippen molar-refractivity contribution in [3.8, 4) is 5.75 Å². The zero-order chi connectivity index (χ0) is 18.3. The predicted octanol–water partition coefficient (Wildman–Crippen LogP) is 2.90. The van der Waals surface area contributed by atoms with Crippen LogP contribution in [0.15, 0.2) is 48.2 Å². The molecule has 0 saturated heterocycles. The van der Waals surface area contributed by atoms with E-state index < -0.39 is 0 Å². The molecule has 0 unspecified atom stereocenters. The van der Waals surface area contributed by atoms with Gasteiger partial charge in [0.05, 0.1) is 0 Å². The molecule has 7 heteroatoms. The Bertz CT molecular complexity index is 895. The summed E-state index contributed by atoms with van der Waals surface area (Å²) in [6.07, 6.45) is 3.01. The SMILES string of the molecule is C=CCOc1ccc([C@@H]2C3=C(CC(C)(C)CC3=O)Nc3nnnn32)cc1. The number of nitrogens with zero attached hydrogens (tertiary/aromatic N) is 4. The lowest BCUT2D eigenvalue weighted by molar-refractivity contribution is -0.118. The molecule has 2 heterocycles. The molecule has 1 aliphatic carbocycles. The highest BCUT2D eigenvalue weighted by molar-refractivity contribution is 6.00. The van der Waals surface area contributed by atoms with Gasteiger partial charge in [0.25, 0.3) is 0 Å². The molecule has 1 aromatic heterocycles. The minimum Gasteiger partial charge on any atom is -0.490 e. The van der Waals surface area contributed by atoms with Gasteiger partial charge >= 0.3 is 0 Å². The van der Waals surface area contributed by atoms with Gasteiger partial charge in [-0.3, -0.25) is 4.79 Å². The molecule has 4 rings (SSSR count). The van der Waals surface area contributed by atoms with Gasteiger partial charge in [0.1, 0.15) is 18.4 Å². The van der Waals surface area contributed by atoms with Gasteiger partial charge in [-0.25, -0.2) is 0 Å². The maximum absolute atomic E-state index is 13.0. The van der Waals surface area contributed by atoms with Crippen LogP contribution in [0.1, 0.15) is 38.3 Å². The molecule has 0 radical (unpaired) electrons. The molecule has 2 aromatic rings. The third kappa shape index (κ3) is 2.79. The number of carbonyl (C=O) groups excluding carboxylic acids is 1. The molecule has 0 fully saturated rings. The number of benzene rings is 1. The first kappa shape index (κ1) is 16.5. The topological polar surface area (TPSA) is 81.9 Å². The number of fused-ring (bicyclic) bond motifs is 1. The molecule has 0 bridgehead atoms. The van der Waals surface area contributed by atoms with Gasteiger partial charge < -0.3 is 10.1 Å². The fraction of sp³-hybridized carbons (Fsp3) is 0.368. The smallest absolute Gasteiger partial charge is 0.248 e. The van der Waals surface area contributed by atoms with Crippen molar-refractivity contribution >= 4 is 11.7 Å². The van der Waals surface area contributed by atoms with E-state index in [0.717, 1.165) is 29.0 Å². The van der Waals surface area contributed by atoms with Crippen molar-refractivity contribution in [3.63, 3.8) is 0 Å². The number of nitrogens with one attached hydrogen (secondary N) is 1. The number of Topliss-reactive ketones (excluding diaryl/α,β-unsaturated/α-hetero) is 1. The van der Waals surface area contributed by atoms with Gasteiger partial charge in [-0.1, -0.05) is 43.7 Å². The maximum atomic E-state index is 13.0. The highest BCUT2D eigenvalue weighted by Gasteiger charge is 2.41. The summed E-state index contributed by atoms with van der Waals surface area (Å²) in [6, 6.07) is 7.37. The summed E-state index contributed by atoms with van der Waals surface area (Å²) in [6.45, 7) is 8.31. The lowest BCUT2D eigenvalue weighted by Gasteiger charge is -2.37. The normalized spacial score (nSPS) is 20.8. The summed E-state index contributed by atoms with van der Waals surface area (Å²) in [4.78, 5) is 13.0. The van der Waals surface area contributed by atoms with E-state index in [0.29, 0.717) is 19.0 Å². The molecule has 0 spiro atoms. The number of allylic oxidation sites excluding steroid dienone is 2. The molecular weight excluding hydrogens is 330 g/mol. The van der Waals surface area contributed by atoms with Crippen molar-refractivity contribution in [3.05, 3.63) is 53.8 Å². The summed E-state index contributed by atoms with van der Waals surface area (Å²) >= 11 is 0. The first-order chi connectivity index (χ1) is 12.5. The van der Waals surface area contributed by atoms with E-state index in [2.05, 4.69) is 41.3 Å². The Morgan fingerprint density at radius 3 is 2.85 bits per heavy atom. The Balaban J connectivity index is 1.77. The Morgan fingerprint density at radius 2 is 2.12 bits per heavy atom. The Labute approximate surface area is 151 Å². The van der Waals surface area contributed by atoms with Gasteiger partial charge in [-0.15, -0.1) is 0 Å². The molecular formula is C19H21N5O2. The van der Waals surface area contributed by atoms with Crippen molar-refractivity contribution in [2.24, 2.45) is 5.41 Å². The van der Waals surface area contributed by atoms with Crippen LogP contribution in [0.5, 0.6) is 5.75 Å². The quantitative estimate of drug-likeness (QED) is 0.853. The second-order valence-corrected chi connectivity index (χ2v) is 7.48. The molecule has 0 amide bonds. The van der Waals surface area contributed by atoms with Crippen molar-refractivity contribution in [1.82, 2.24) is 20.2 Å². The predicted molar refractivity (Wildman–Crippen MR) is 96.8 cm³/mol. The molecule has 26 heavy (non-hydrogen) atoms. The van der Waals surface area contributed by atoms with Crippen LogP contribution in [-0.4, -0.2) is 32.6 Å². The number of hydrogen-bond donors (Lipinski definition) is 1. The first-order valence-electron chi connectivity index (χ1n) is 8.63. The average molecular weight is 351 g/mol. The van der Waals surface area contributed by atoms with E-state index in [4.69, 9.17) is 4.74 Å². The number of hydrogen-bond acceptors (Lipinski definition) is 6. The van der Waals surface area contributed by atoms with Gasteiger partial charge in [0.2, 0.25) is 5.95 Å². The first-order valence-corrected chi connectivity index (χ1v) is 8.63. The summed E-state index contributed by atoms with van der Waals surface area (Å²) in [5, 5.41) is 15.2. The van der Waals surface area contributed by atoms with Crippen LogP contribution in [0.2, 0.25) is 0 Å². The Hall–Kier alpha value is -2.96. The van der Waals surface area contributed by atoms with Crippen molar-refractivity contribution in [2.75, 3.05) is 11.9 Å². The molecule has 1 aliphatic heterocycles. The summed E-state index contributed by atoms with van der Waals surface area (Å²) in [5.41, 5.74) is 2.55. The minimum atomic E-state index is -0.326. The highest BCUT2D eigenvalue weighted by atomic mass is 16.5. The van der Waals surface area contributed by atoms with Gasteiger partial charge in [0, 0.05) is 17.7 Å². The lowest BCUT2D eigenvalue weighted by Crippen LogP contribution is -2.36. The second-order valence-electron chi connectivity index (χ2n) is 7.48. The number of carbonyl (C=O) groups is 1. The van der Waals surface area contributed by atoms with Crippen LogP contribution in [0.3, 0.4) is 0 Å². The number of ether oxygens (including phenoxy) is 1. The highest BCUT2D eigenvalue weighted by Crippen LogP contribution is 2.45. The molecule has 134 valence electrons. The molecule has 1 aromatic carbocycles. The second kappa shape index (κ2) is 6.09. The van der Waals surface area contributed by atoms with Crippen LogP contribution in [-0.2, 0) is 4.79 Å². The molecule has 2 aliphatic rings. The number of anilines is 1. The largest absolute Gasteiger partial charge is 0.490 e. The van der Waals surface area contributed by atoms with Crippen molar-refractivity contribution in [2.45, 2.75) is 32.7 Å². The van der Waals surface area contributed by atoms with Crippen molar-refractivity contribution in [1.29, 1.82) is 0 Å². The monoisotopic (exact) mass is 351 g/mol. The van der Waals surface area contributed by atoms with Crippen molar-refractivity contribution < 1.29 is 9.53 Å². The Morgan fingerprint density at radius 1 is 1.35 bits per heavy atom. The maximum Gasteiger partial charge on any atom is 0.248 e. The van der Waals surface area contributed by atoms with Gasteiger partial charge in [-0.2, -0.15) is 4.68 Å². The van der Waals surface area contributed by atoms with E-state index in [-0.39, 0.29) is 17.2 Å². The van der Waals surface area contributed by atoms with Crippen LogP contribution >= 0.6 is 0 Å². The van der Waals surface area contributed by atoms with Gasteiger partial charge in [0.15, 0.2) is 5.78 Å². The number of rotatable bonds is 4. The molecule has 0 saturated carbocycles. The number of ketones is 1. The average Bonchev–Trinajstić information content (AvgIpc) is 3.05. The number of tetrazole rings is 1. The summed E-state index contributed by atoms with van der Waals surface area (Å²) < 4.78 is 7.23. The third-order valence-electron chi connectivity index (χ3n) is 4.76. The van der Waals surface area contributed by atoms with E-state index in [1.54, 1.807) is 10.8 Å². The minimum absolute atomic E-state index is 0.0779. The lowest BCUT2D eigenvalue weighted by atomic mass is 9.73. The van der Waals surface area contributed by atoms with Crippen LogP contribution < -0.4 is 10.1 Å². The zero-order valence-electron chi connectivity index (χ0n) is 14.9. The summed E-state index contributed by atoms with van der Waals surface area (Å²) in [7, 11) is 0. The summed E-state index contributed by atoms with van der Waals surface area (Å²) in [5.74, 6) is 1.46. The fourth-order valence-corrected chi connectivity index (χ4v) is 3.68. The molecule has 1 atom stereocenters. The number of aromatic nitrogens is 4. The standard InChI is InChI=1S/C19H21N5O2/c1-4-9-26-13-7-5-12(6-8-13)17-16-14(10-19(2,3)11-15(16)25)20-18-21-22-23-24(17)18/h4-8,17H,1,9-11H2,2-3H3,(H,20,21,23)/t17-/m1/s1. The zero-order valence-corrected chi connectivity index (χ0v) is 14.9. The fourth-order valence-electron chi connectivity index (χ4n) is 3.68. The van der Waals surface area contributed by atoms with E-state index in [1.165, 1.54) is 0 Å². The molecule has 1 N–H and O–H groups in total. The van der Waals surface area contributed by atoms with E-state index >= 15 is 0 Å².